The maximum absolute atomic E-state index is 12.5. The van der Waals surface area contributed by atoms with Crippen LogP contribution in [0.3, 0.4) is 0 Å². The molecule has 2 bridgehead atoms. The first-order valence-electron chi connectivity index (χ1n) is 8.33. The number of rotatable bonds is 2. The molecule has 8 nitrogen and oxygen atoms in total. The van der Waals surface area contributed by atoms with E-state index in [1.54, 1.807) is 19.9 Å². The van der Waals surface area contributed by atoms with Gasteiger partial charge in [0.2, 0.25) is 0 Å². The molecule has 2 saturated heterocycles. The summed E-state index contributed by atoms with van der Waals surface area (Å²) in [7, 11) is 0. The van der Waals surface area contributed by atoms with Crippen LogP contribution in [0, 0.1) is 10.8 Å². The predicted molar refractivity (Wildman–Crippen MR) is 81.3 cm³/mol. The van der Waals surface area contributed by atoms with Crippen LogP contribution in [0.4, 0.5) is 0 Å². The van der Waals surface area contributed by atoms with Crippen LogP contribution >= 0.6 is 0 Å². The normalized spacial score (nSPS) is 53.4. The molecular formula is C17H22O8. The van der Waals surface area contributed by atoms with Gasteiger partial charge in [-0.2, -0.15) is 0 Å². The lowest BCUT2D eigenvalue weighted by Gasteiger charge is -2.58. The van der Waals surface area contributed by atoms with Crippen molar-refractivity contribution in [3.05, 3.63) is 11.6 Å². The summed E-state index contributed by atoms with van der Waals surface area (Å²) in [4.78, 5) is 24.1. The lowest BCUT2D eigenvalue weighted by molar-refractivity contribution is -0.255. The van der Waals surface area contributed by atoms with Gasteiger partial charge in [-0.1, -0.05) is 6.92 Å². The van der Waals surface area contributed by atoms with Crippen LogP contribution in [-0.4, -0.2) is 76.4 Å². The number of aliphatic hydroxyl groups is 3. The zero-order chi connectivity index (χ0) is 18.4. The summed E-state index contributed by atoms with van der Waals surface area (Å²) in [5.74, 6) is -1.13. The van der Waals surface area contributed by atoms with Crippen molar-refractivity contribution in [1.82, 2.24) is 0 Å². The molecule has 0 amide bonds. The minimum Gasteiger partial charge on any atom is -0.459 e. The number of epoxide rings is 1. The molecule has 25 heavy (non-hydrogen) atoms. The third-order valence-electron chi connectivity index (χ3n) is 6.83. The number of fused-ring (bicyclic) bond motifs is 2. The van der Waals surface area contributed by atoms with E-state index in [-0.39, 0.29) is 6.61 Å². The van der Waals surface area contributed by atoms with E-state index in [0.29, 0.717) is 5.57 Å². The highest BCUT2D eigenvalue weighted by atomic mass is 16.7. The molecule has 8 unspecified atom stereocenters. The van der Waals surface area contributed by atoms with Gasteiger partial charge in [0.15, 0.2) is 5.78 Å². The van der Waals surface area contributed by atoms with Gasteiger partial charge in [-0.25, -0.2) is 0 Å². The highest BCUT2D eigenvalue weighted by Gasteiger charge is 2.87. The topological polar surface area (TPSA) is 126 Å². The Morgan fingerprint density at radius 3 is 2.60 bits per heavy atom. The molecule has 3 fully saturated rings. The van der Waals surface area contributed by atoms with Crippen molar-refractivity contribution in [2.75, 3.05) is 13.2 Å². The number of ether oxygens (including phenoxy) is 3. The lowest BCUT2D eigenvalue weighted by atomic mass is 9.50. The Morgan fingerprint density at radius 1 is 1.44 bits per heavy atom. The molecule has 8 atom stereocenters. The Kier molecular flexibility index (Phi) is 3.35. The van der Waals surface area contributed by atoms with Crippen molar-refractivity contribution in [3.63, 3.8) is 0 Å². The molecular weight excluding hydrogens is 332 g/mol. The van der Waals surface area contributed by atoms with Crippen LogP contribution < -0.4 is 0 Å². The number of hydrogen-bond acceptors (Lipinski definition) is 8. The maximum Gasteiger partial charge on any atom is 0.303 e. The van der Waals surface area contributed by atoms with E-state index < -0.39 is 65.3 Å². The number of carbonyl (C=O) groups is 2. The minimum absolute atomic E-state index is 0.223. The largest absolute Gasteiger partial charge is 0.459 e. The quantitative estimate of drug-likeness (QED) is 0.413. The fourth-order valence-electron chi connectivity index (χ4n) is 5.37. The molecule has 1 saturated carbocycles. The van der Waals surface area contributed by atoms with Gasteiger partial charge in [-0.15, -0.1) is 0 Å². The summed E-state index contributed by atoms with van der Waals surface area (Å²) in [6, 6.07) is 0. The third kappa shape index (κ3) is 1.65. The monoisotopic (exact) mass is 354 g/mol. The van der Waals surface area contributed by atoms with Crippen molar-refractivity contribution >= 4 is 11.8 Å². The van der Waals surface area contributed by atoms with E-state index in [4.69, 9.17) is 14.2 Å². The van der Waals surface area contributed by atoms with E-state index in [2.05, 4.69) is 0 Å². The van der Waals surface area contributed by atoms with Crippen molar-refractivity contribution < 1.29 is 39.1 Å². The predicted octanol–water partition coefficient (Wildman–Crippen LogP) is -1.30. The van der Waals surface area contributed by atoms with Gasteiger partial charge >= 0.3 is 5.97 Å². The van der Waals surface area contributed by atoms with Crippen molar-refractivity contribution in [1.29, 1.82) is 0 Å². The van der Waals surface area contributed by atoms with Gasteiger partial charge in [-0.3, -0.25) is 9.59 Å². The zero-order valence-corrected chi connectivity index (χ0v) is 14.3. The van der Waals surface area contributed by atoms with Crippen molar-refractivity contribution in [3.8, 4) is 0 Å². The Balaban J connectivity index is 1.96. The molecule has 2 aliphatic carbocycles. The third-order valence-corrected chi connectivity index (χ3v) is 6.83. The lowest BCUT2D eigenvalue weighted by Crippen LogP contribution is -2.72. The second-order valence-corrected chi connectivity index (χ2v) is 7.69. The molecule has 3 N–H and O–H groups in total. The fourth-order valence-corrected chi connectivity index (χ4v) is 5.37. The summed E-state index contributed by atoms with van der Waals surface area (Å²) >= 11 is 0. The minimum atomic E-state index is -1.57. The molecule has 0 aromatic carbocycles. The van der Waals surface area contributed by atoms with E-state index >= 15 is 0 Å². The number of Topliss-reactive ketones (excluding diaryl/α,β-unsaturated/α-hetero) is 1. The second-order valence-electron chi connectivity index (χ2n) is 7.69. The summed E-state index contributed by atoms with van der Waals surface area (Å²) in [5, 5.41) is 32.0. The van der Waals surface area contributed by atoms with Crippen LogP contribution in [0.25, 0.3) is 0 Å². The first kappa shape index (κ1) is 17.1. The van der Waals surface area contributed by atoms with Gasteiger partial charge in [0.05, 0.1) is 30.1 Å². The molecule has 0 radical (unpaired) electrons. The van der Waals surface area contributed by atoms with Gasteiger partial charge in [0.1, 0.15) is 30.0 Å². The van der Waals surface area contributed by atoms with E-state index in [1.165, 1.54) is 6.92 Å². The summed E-state index contributed by atoms with van der Waals surface area (Å²) < 4.78 is 17.1. The zero-order valence-electron chi connectivity index (χ0n) is 14.3. The standard InChI is InChI=1S/C17H22O8/c1-7-4-9-16(5-18,12(22)10(7)20)15(3)13(24-8(2)19)11(21)14(25-9)17(15)6-23-17/h4,9,11-14,18,21-22H,5-6H2,1-3H3. The number of ketones is 1. The molecule has 138 valence electrons. The van der Waals surface area contributed by atoms with Crippen LogP contribution in [0.5, 0.6) is 0 Å². The number of carbonyl (C=O) groups excluding carboxylic acids is 2. The first-order valence-corrected chi connectivity index (χ1v) is 8.33. The number of esters is 1. The van der Waals surface area contributed by atoms with Crippen LogP contribution in [0.1, 0.15) is 20.8 Å². The van der Waals surface area contributed by atoms with Crippen molar-refractivity contribution in [2.45, 2.75) is 56.9 Å². The van der Waals surface area contributed by atoms with Gasteiger partial charge in [0, 0.05) is 6.92 Å². The number of hydrogen-bond donors (Lipinski definition) is 3. The molecule has 4 aliphatic rings. The maximum atomic E-state index is 12.5. The average Bonchev–Trinajstić information content (AvgIpc) is 3.33. The molecule has 0 aromatic heterocycles. The summed E-state index contributed by atoms with van der Waals surface area (Å²) in [6.45, 7) is 4.11. The van der Waals surface area contributed by atoms with Crippen molar-refractivity contribution in [2.24, 2.45) is 10.8 Å². The van der Waals surface area contributed by atoms with E-state index in [0.717, 1.165) is 0 Å². The van der Waals surface area contributed by atoms with Gasteiger partial charge in [0.25, 0.3) is 0 Å². The highest BCUT2D eigenvalue weighted by molar-refractivity contribution is 6.00. The molecule has 1 spiro atoms. The summed E-state index contributed by atoms with van der Waals surface area (Å²) in [5.41, 5.74) is -3.39. The Bertz CT molecular complexity index is 682. The number of aliphatic hydroxyl groups excluding tert-OH is 3. The van der Waals surface area contributed by atoms with E-state index in [9.17, 15) is 24.9 Å². The molecule has 0 aromatic rings. The Labute approximate surface area is 144 Å². The van der Waals surface area contributed by atoms with Crippen LogP contribution in [-0.2, 0) is 23.8 Å². The molecule has 2 aliphatic heterocycles. The SMILES string of the molecule is CC(=O)OC1C(O)C2OC3C=C(C)C(=O)C(O)C3(CO)C1(C)C21CO1. The van der Waals surface area contributed by atoms with Gasteiger partial charge < -0.3 is 29.5 Å². The summed E-state index contributed by atoms with van der Waals surface area (Å²) in [6.07, 6.45) is -3.87. The van der Waals surface area contributed by atoms with Gasteiger partial charge in [-0.05, 0) is 18.6 Å². The van der Waals surface area contributed by atoms with E-state index in [1.807, 2.05) is 0 Å². The van der Waals surface area contributed by atoms with Crippen LogP contribution in [0.15, 0.2) is 11.6 Å². The molecule has 8 heteroatoms. The Morgan fingerprint density at radius 2 is 2.08 bits per heavy atom. The molecule has 4 rings (SSSR count). The highest BCUT2D eigenvalue weighted by Crippen LogP contribution is 2.71. The second kappa shape index (κ2) is 4.89. The first-order chi connectivity index (χ1) is 11.7. The smallest absolute Gasteiger partial charge is 0.303 e. The average molecular weight is 354 g/mol. The molecule has 2 heterocycles. The Hall–Kier alpha value is -1.32. The fraction of sp³-hybridized carbons (Fsp3) is 0.765. The van der Waals surface area contributed by atoms with Crippen LogP contribution in [0.2, 0.25) is 0 Å².